The molecule has 0 aliphatic carbocycles. The zero-order valence-electron chi connectivity index (χ0n) is 9.77. The second-order valence-electron chi connectivity index (χ2n) is 4.89. The number of halogens is 3. The largest absolute Gasteiger partial charge is 0.416 e. The van der Waals surface area contributed by atoms with Crippen molar-refractivity contribution in [1.82, 2.24) is 5.32 Å². The van der Waals surface area contributed by atoms with Crippen LogP contribution in [0.4, 0.5) is 13.2 Å². The summed E-state index contributed by atoms with van der Waals surface area (Å²) in [6.45, 7) is 3.78. The Morgan fingerprint density at radius 2 is 1.82 bits per heavy atom. The van der Waals surface area contributed by atoms with Crippen molar-refractivity contribution < 1.29 is 13.2 Å². The molecule has 1 aromatic rings. The van der Waals surface area contributed by atoms with Crippen molar-refractivity contribution in [3.8, 4) is 0 Å². The van der Waals surface area contributed by atoms with Crippen LogP contribution < -0.4 is 5.32 Å². The summed E-state index contributed by atoms with van der Waals surface area (Å²) in [5.74, 6) is 0. The number of nitrogens with one attached hydrogen (secondary N) is 1. The van der Waals surface area contributed by atoms with E-state index < -0.39 is 11.7 Å². The molecule has 1 heterocycles. The van der Waals surface area contributed by atoms with E-state index in [9.17, 15) is 13.2 Å². The first-order chi connectivity index (χ1) is 7.92. The maximum absolute atomic E-state index is 12.6. The summed E-state index contributed by atoms with van der Waals surface area (Å²) in [6, 6.07) is 5.74. The molecule has 1 fully saturated rings. The summed E-state index contributed by atoms with van der Waals surface area (Å²) >= 11 is 0. The van der Waals surface area contributed by atoms with E-state index in [1.54, 1.807) is 6.07 Å². The Labute approximate surface area is 99.0 Å². The predicted octanol–water partition coefficient (Wildman–Crippen LogP) is 3.35. The van der Waals surface area contributed by atoms with E-state index in [0.29, 0.717) is 0 Å². The van der Waals surface area contributed by atoms with E-state index in [1.165, 1.54) is 12.1 Å². The minimum Gasteiger partial charge on any atom is -0.317 e. The number of piperidine rings is 1. The second-order valence-corrected chi connectivity index (χ2v) is 4.89. The predicted molar refractivity (Wildman–Crippen MR) is 60.9 cm³/mol. The molecule has 0 saturated carbocycles. The van der Waals surface area contributed by atoms with Crippen molar-refractivity contribution in [2.24, 2.45) is 0 Å². The highest BCUT2D eigenvalue weighted by Gasteiger charge is 2.34. The molecule has 1 N–H and O–H groups in total. The smallest absolute Gasteiger partial charge is 0.317 e. The molecule has 0 unspecified atom stereocenters. The molecular weight excluding hydrogens is 227 g/mol. The van der Waals surface area contributed by atoms with Crippen molar-refractivity contribution in [2.45, 2.75) is 31.4 Å². The van der Waals surface area contributed by atoms with Gasteiger partial charge in [-0.25, -0.2) is 0 Å². The van der Waals surface area contributed by atoms with Crippen LogP contribution in [-0.4, -0.2) is 13.1 Å². The minimum atomic E-state index is -4.25. The third-order valence-electron chi connectivity index (χ3n) is 3.59. The van der Waals surface area contributed by atoms with Crippen molar-refractivity contribution in [3.63, 3.8) is 0 Å². The van der Waals surface area contributed by atoms with E-state index in [-0.39, 0.29) is 5.41 Å². The Hall–Kier alpha value is -1.03. The van der Waals surface area contributed by atoms with Gasteiger partial charge in [-0.3, -0.25) is 0 Å². The molecular formula is C13H16F3N. The van der Waals surface area contributed by atoms with E-state index in [1.807, 2.05) is 6.92 Å². The van der Waals surface area contributed by atoms with Gasteiger partial charge in [-0.1, -0.05) is 25.1 Å². The highest BCUT2D eigenvalue weighted by Crippen LogP contribution is 2.36. The molecule has 0 amide bonds. The van der Waals surface area contributed by atoms with Crippen LogP contribution in [0.2, 0.25) is 0 Å². The van der Waals surface area contributed by atoms with Gasteiger partial charge in [-0.05, 0) is 43.0 Å². The van der Waals surface area contributed by atoms with Gasteiger partial charge in [-0.15, -0.1) is 0 Å². The quantitative estimate of drug-likeness (QED) is 0.797. The van der Waals surface area contributed by atoms with Gasteiger partial charge in [0, 0.05) is 0 Å². The Balaban J connectivity index is 2.32. The summed E-state index contributed by atoms with van der Waals surface area (Å²) in [4.78, 5) is 0. The molecule has 2 rings (SSSR count). The van der Waals surface area contributed by atoms with Crippen LogP contribution in [0.5, 0.6) is 0 Å². The lowest BCUT2D eigenvalue weighted by atomic mass is 9.75. The summed E-state index contributed by atoms with van der Waals surface area (Å²) in [6.07, 6.45) is -2.48. The monoisotopic (exact) mass is 243 g/mol. The molecule has 0 bridgehead atoms. The van der Waals surface area contributed by atoms with Crippen LogP contribution in [-0.2, 0) is 11.6 Å². The molecule has 0 aromatic heterocycles. The first-order valence-electron chi connectivity index (χ1n) is 5.80. The number of alkyl halides is 3. The van der Waals surface area contributed by atoms with Gasteiger partial charge in [0.05, 0.1) is 5.56 Å². The van der Waals surface area contributed by atoms with Gasteiger partial charge in [0.15, 0.2) is 0 Å². The Morgan fingerprint density at radius 3 is 2.41 bits per heavy atom. The zero-order valence-corrected chi connectivity index (χ0v) is 9.77. The van der Waals surface area contributed by atoms with Gasteiger partial charge in [0.2, 0.25) is 0 Å². The molecule has 1 nitrogen and oxygen atoms in total. The van der Waals surface area contributed by atoms with Crippen molar-refractivity contribution >= 4 is 0 Å². The molecule has 94 valence electrons. The third-order valence-corrected chi connectivity index (χ3v) is 3.59. The molecule has 0 atom stereocenters. The normalized spacial score (nSPS) is 20.2. The van der Waals surface area contributed by atoms with Crippen molar-refractivity contribution in [1.29, 1.82) is 0 Å². The molecule has 17 heavy (non-hydrogen) atoms. The first-order valence-corrected chi connectivity index (χ1v) is 5.80. The lowest BCUT2D eigenvalue weighted by Crippen LogP contribution is -2.37. The van der Waals surface area contributed by atoms with Crippen LogP contribution in [0.15, 0.2) is 24.3 Å². The summed E-state index contributed by atoms with van der Waals surface area (Å²) in [5, 5.41) is 3.23. The highest BCUT2D eigenvalue weighted by atomic mass is 19.4. The summed E-state index contributed by atoms with van der Waals surface area (Å²) in [5.41, 5.74) is 0.121. The number of hydrogen-bond acceptors (Lipinski definition) is 1. The van der Waals surface area contributed by atoms with Crippen LogP contribution >= 0.6 is 0 Å². The van der Waals surface area contributed by atoms with E-state index in [2.05, 4.69) is 5.32 Å². The fraction of sp³-hybridized carbons (Fsp3) is 0.538. The average molecular weight is 243 g/mol. The first kappa shape index (κ1) is 12.4. The van der Waals surface area contributed by atoms with E-state index in [4.69, 9.17) is 0 Å². The maximum atomic E-state index is 12.6. The fourth-order valence-corrected chi connectivity index (χ4v) is 2.34. The standard InChI is InChI=1S/C13H16F3N/c1-12(5-7-17-8-6-12)10-3-2-4-11(9-10)13(14,15)16/h2-4,9,17H,5-8H2,1H3. The Morgan fingerprint density at radius 1 is 1.18 bits per heavy atom. The average Bonchev–Trinajstić information content (AvgIpc) is 2.29. The van der Waals surface area contributed by atoms with Crippen molar-refractivity contribution in [3.05, 3.63) is 35.4 Å². The van der Waals surface area contributed by atoms with E-state index in [0.717, 1.165) is 37.6 Å². The molecule has 0 radical (unpaired) electrons. The van der Waals surface area contributed by atoms with Crippen LogP contribution in [0.25, 0.3) is 0 Å². The lowest BCUT2D eigenvalue weighted by Gasteiger charge is -2.35. The van der Waals surface area contributed by atoms with Gasteiger partial charge in [-0.2, -0.15) is 13.2 Å². The number of rotatable bonds is 1. The molecule has 1 aliphatic heterocycles. The van der Waals surface area contributed by atoms with Crippen LogP contribution in [0.3, 0.4) is 0 Å². The van der Waals surface area contributed by atoms with Crippen LogP contribution in [0.1, 0.15) is 30.9 Å². The minimum absolute atomic E-state index is 0.132. The molecule has 0 spiro atoms. The SMILES string of the molecule is CC1(c2cccc(C(F)(F)F)c2)CCNCC1. The number of hydrogen-bond donors (Lipinski definition) is 1. The van der Waals surface area contributed by atoms with Gasteiger partial charge < -0.3 is 5.32 Å². The van der Waals surface area contributed by atoms with Gasteiger partial charge in [0.25, 0.3) is 0 Å². The lowest BCUT2D eigenvalue weighted by molar-refractivity contribution is -0.137. The Bertz CT molecular complexity index is 392. The molecule has 1 aromatic carbocycles. The summed E-state index contributed by atoms with van der Waals surface area (Å²) in [7, 11) is 0. The molecule has 1 saturated heterocycles. The third kappa shape index (κ3) is 2.63. The molecule has 1 aliphatic rings. The topological polar surface area (TPSA) is 12.0 Å². The van der Waals surface area contributed by atoms with Gasteiger partial charge >= 0.3 is 6.18 Å². The van der Waals surface area contributed by atoms with Crippen LogP contribution in [0, 0.1) is 0 Å². The highest BCUT2D eigenvalue weighted by molar-refractivity contribution is 5.31. The Kier molecular flexibility index (Phi) is 3.17. The maximum Gasteiger partial charge on any atom is 0.416 e. The number of benzene rings is 1. The fourth-order valence-electron chi connectivity index (χ4n) is 2.34. The molecule has 4 heteroatoms. The van der Waals surface area contributed by atoms with Gasteiger partial charge in [0.1, 0.15) is 0 Å². The summed E-state index contributed by atoms with van der Waals surface area (Å²) < 4.78 is 37.9. The van der Waals surface area contributed by atoms with E-state index >= 15 is 0 Å². The van der Waals surface area contributed by atoms with Crippen molar-refractivity contribution in [2.75, 3.05) is 13.1 Å². The second kappa shape index (κ2) is 4.33. The zero-order chi connectivity index (χ0) is 12.5.